The van der Waals surface area contributed by atoms with Gasteiger partial charge >= 0.3 is 0 Å². The van der Waals surface area contributed by atoms with Crippen molar-refractivity contribution in [2.75, 3.05) is 0 Å². The standard InChI is InChI=1S/C22H14F2N4O2S/c1-12-2-3-14(8-17(12)24)20-26-18(30-27-20)9-28-11-25-21-19(22(28)29)16(10-31-21)13-4-6-15(23)7-5-13/h2-8,10-11H,9H2,1H3. The number of hydrogen-bond donors (Lipinski definition) is 0. The maximum Gasteiger partial charge on any atom is 0.263 e. The maximum absolute atomic E-state index is 13.8. The van der Waals surface area contributed by atoms with Gasteiger partial charge in [-0.25, -0.2) is 13.8 Å². The predicted molar refractivity (Wildman–Crippen MR) is 113 cm³/mol. The molecule has 0 radical (unpaired) electrons. The molecule has 3 heterocycles. The van der Waals surface area contributed by atoms with Crippen LogP contribution in [0.2, 0.25) is 0 Å². The minimum Gasteiger partial charge on any atom is -0.337 e. The Morgan fingerprint density at radius 2 is 1.87 bits per heavy atom. The third-order valence-corrected chi connectivity index (χ3v) is 5.81. The zero-order chi connectivity index (χ0) is 21.5. The van der Waals surface area contributed by atoms with E-state index in [2.05, 4.69) is 15.1 Å². The highest BCUT2D eigenvalue weighted by molar-refractivity contribution is 7.17. The number of rotatable bonds is 4. The van der Waals surface area contributed by atoms with E-state index >= 15 is 0 Å². The summed E-state index contributed by atoms with van der Waals surface area (Å²) in [7, 11) is 0. The molecule has 0 saturated carbocycles. The number of fused-ring (bicyclic) bond motifs is 1. The predicted octanol–water partition coefficient (Wildman–Crippen LogP) is 4.81. The first-order chi connectivity index (χ1) is 15.0. The van der Waals surface area contributed by atoms with Crippen molar-refractivity contribution < 1.29 is 13.3 Å². The minimum absolute atomic E-state index is 0.0157. The Morgan fingerprint density at radius 1 is 1.10 bits per heavy atom. The summed E-state index contributed by atoms with van der Waals surface area (Å²) in [6, 6.07) is 10.6. The molecule has 0 aliphatic heterocycles. The molecule has 0 saturated heterocycles. The van der Waals surface area contributed by atoms with Gasteiger partial charge in [0, 0.05) is 16.5 Å². The van der Waals surface area contributed by atoms with Crippen molar-refractivity contribution in [2.45, 2.75) is 13.5 Å². The van der Waals surface area contributed by atoms with Gasteiger partial charge < -0.3 is 4.52 Å². The summed E-state index contributed by atoms with van der Waals surface area (Å²) >= 11 is 1.34. The van der Waals surface area contributed by atoms with Crippen molar-refractivity contribution in [1.82, 2.24) is 19.7 Å². The molecule has 5 rings (SSSR count). The summed E-state index contributed by atoms with van der Waals surface area (Å²) in [5.74, 6) is -0.281. The van der Waals surface area contributed by atoms with Gasteiger partial charge in [0.25, 0.3) is 5.56 Å². The van der Waals surface area contributed by atoms with Crippen LogP contribution in [-0.2, 0) is 6.54 Å². The van der Waals surface area contributed by atoms with Crippen LogP contribution in [0.15, 0.2) is 63.5 Å². The van der Waals surface area contributed by atoms with Gasteiger partial charge in [-0.2, -0.15) is 4.98 Å². The van der Waals surface area contributed by atoms with E-state index in [1.165, 1.54) is 40.4 Å². The van der Waals surface area contributed by atoms with Crippen LogP contribution in [0.4, 0.5) is 8.78 Å². The molecule has 3 aromatic heterocycles. The molecule has 31 heavy (non-hydrogen) atoms. The third kappa shape index (κ3) is 3.53. The first-order valence-electron chi connectivity index (χ1n) is 9.31. The fourth-order valence-electron chi connectivity index (χ4n) is 3.24. The number of nitrogens with zero attached hydrogens (tertiary/aromatic N) is 4. The Morgan fingerprint density at radius 3 is 2.65 bits per heavy atom. The molecule has 0 spiro atoms. The van der Waals surface area contributed by atoms with Crippen molar-refractivity contribution in [3.8, 4) is 22.5 Å². The Hall–Kier alpha value is -3.72. The number of thiophene rings is 1. The first kappa shape index (κ1) is 19.3. The van der Waals surface area contributed by atoms with Gasteiger partial charge in [0.15, 0.2) is 0 Å². The van der Waals surface area contributed by atoms with Gasteiger partial charge in [0.05, 0.1) is 11.7 Å². The van der Waals surface area contributed by atoms with E-state index < -0.39 is 0 Å². The van der Waals surface area contributed by atoms with Gasteiger partial charge in [-0.3, -0.25) is 9.36 Å². The van der Waals surface area contributed by atoms with E-state index in [0.29, 0.717) is 26.9 Å². The molecule has 0 bridgehead atoms. The molecular formula is C22H14F2N4O2S. The van der Waals surface area contributed by atoms with Crippen LogP contribution >= 0.6 is 11.3 Å². The molecule has 0 fully saturated rings. The molecule has 0 aliphatic carbocycles. The van der Waals surface area contributed by atoms with E-state index in [-0.39, 0.29) is 35.5 Å². The number of halogens is 2. The maximum atomic E-state index is 13.8. The van der Waals surface area contributed by atoms with Crippen LogP contribution in [0.5, 0.6) is 0 Å². The Labute approximate surface area is 178 Å². The zero-order valence-corrected chi connectivity index (χ0v) is 17.0. The molecule has 154 valence electrons. The van der Waals surface area contributed by atoms with E-state index in [9.17, 15) is 13.6 Å². The second kappa shape index (κ2) is 7.51. The molecular weight excluding hydrogens is 422 g/mol. The molecule has 0 atom stereocenters. The molecule has 0 aliphatic rings. The summed E-state index contributed by atoms with van der Waals surface area (Å²) < 4.78 is 33.7. The average Bonchev–Trinajstić information content (AvgIpc) is 3.40. The lowest BCUT2D eigenvalue weighted by Gasteiger charge is -2.03. The summed E-state index contributed by atoms with van der Waals surface area (Å²) in [5, 5.41) is 6.16. The largest absolute Gasteiger partial charge is 0.337 e. The Bertz CT molecular complexity index is 1470. The van der Waals surface area contributed by atoms with E-state index in [4.69, 9.17) is 4.52 Å². The molecule has 2 aromatic carbocycles. The lowest BCUT2D eigenvalue weighted by Crippen LogP contribution is -2.21. The monoisotopic (exact) mass is 436 g/mol. The number of aromatic nitrogens is 4. The number of hydrogen-bond acceptors (Lipinski definition) is 6. The van der Waals surface area contributed by atoms with Gasteiger partial charge in [-0.05, 0) is 36.2 Å². The van der Waals surface area contributed by atoms with Crippen molar-refractivity contribution in [1.29, 1.82) is 0 Å². The molecule has 0 unspecified atom stereocenters. The topological polar surface area (TPSA) is 73.8 Å². The van der Waals surface area contributed by atoms with Crippen LogP contribution in [0.1, 0.15) is 11.5 Å². The van der Waals surface area contributed by atoms with E-state index in [0.717, 1.165) is 5.56 Å². The third-order valence-electron chi connectivity index (χ3n) is 4.92. The molecule has 0 N–H and O–H groups in total. The van der Waals surface area contributed by atoms with Crippen LogP contribution < -0.4 is 5.56 Å². The summed E-state index contributed by atoms with van der Waals surface area (Å²) in [6.07, 6.45) is 1.42. The van der Waals surface area contributed by atoms with Crippen LogP contribution in [0.3, 0.4) is 0 Å². The van der Waals surface area contributed by atoms with Gasteiger partial charge in [0.2, 0.25) is 11.7 Å². The van der Waals surface area contributed by atoms with Gasteiger partial charge in [-0.15, -0.1) is 11.3 Å². The fourth-order valence-corrected chi connectivity index (χ4v) is 4.14. The van der Waals surface area contributed by atoms with E-state index in [1.807, 2.05) is 5.38 Å². The lowest BCUT2D eigenvalue weighted by atomic mass is 10.1. The Balaban J connectivity index is 1.50. The number of benzene rings is 2. The highest BCUT2D eigenvalue weighted by Gasteiger charge is 2.16. The van der Waals surface area contributed by atoms with E-state index in [1.54, 1.807) is 31.2 Å². The average molecular weight is 436 g/mol. The first-order valence-corrected chi connectivity index (χ1v) is 10.2. The highest BCUT2D eigenvalue weighted by Crippen LogP contribution is 2.30. The number of aryl methyl sites for hydroxylation is 1. The SMILES string of the molecule is Cc1ccc(-c2noc(Cn3cnc4scc(-c5ccc(F)cc5)c4c3=O)n2)cc1F. The van der Waals surface area contributed by atoms with Crippen molar-refractivity contribution in [2.24, 2.45) is 0 Å². The molecule has 9 heteroatoms. The van der Waals surface area contributed by atoms with Crippen molar-refractivity contribution in [3.05, 3.63) is 87.6 Å². The van der Waals surface area contributed by atoms with Gasteiger partial charge in [-0.1, -0.05) is 29.4 Å². The van der Waals surface area contributed by atoms with Crippen LogP contribution in [0, 0.1) is 18.6 Å². The van der Waals surface area contributed by atoms with Crippen molar-refractivity contribution in [3.63, 3.8) is 0 Å². The molecule has 0 amide bonds. The van der Waals surface area contributed by atoms with Gasteiger partial charge in [0.1, 0.15) is 23.0 Å². The minimum atomic E-state index is -0.361. The Kier molecular flexibility index (Phi) is 4.67. The molecule has 6 nitrogen and oxygen atoms in total. The second-order valence-corrected chi connectivity index (χ2v) is 7.85. The normalized spacial score (nSPS) is 11.3. The summed E-state index contributed by atoms with van der Waals surface area (Å²) in [6.45, 7) is 1.68. The molecule has 5 aromatic rings. The van der Waals surface area contributed by atoms with Crippen molar-refractivity contribution >= 4 is 21.6 Å². The van der Waals surface area contributed by atoms with Crippen LogP contribution in [0.25, 0.3) is 32.7 Å². The van der Waals surface area contributed by atoms with Crippen LogP contribution in [-0.4, -0.2) is 19.7 Å². The summed E-state index contributed by atoms with van der Waals surface area (Å²) in [5.41, 5.74) is 2.15. The quantitative estimate of drug-likeness (QED) is 0.404. The highest BCUT2D eigenvalue weighted by atomic mass is 32.1. The lowest BCUT2D eigenvalue weighted by molar-refractivity contribution is 0.369. The second-order valence-electron chi connectivity index (χ2n) is 6.99. The fraction of sp³-hybridized carbons (Fsp3) is 0.0909. The summed E-state index contributed by atoms with van der Waals surface area (Å²) in [4.78, 5) is 22.3. The zero-order valence-electron chi connectivity index (χ0n) is 16.2. The smallest absolute Gasteiger partial charge is 0.263 e.